The van der Waals surface area contributed by atoms with E-state index in [0.29, 0.717) is 40.8 Å². The van der Waals surface area contributed by atoms with Gasteiger partial charge in [0.05, 0.1) is 18.2 Å². The Morgan fingerprint density at radius 3 is 3.00 bits per heavy atom. The molecule has 1 saturated heterocycles. The molecule has 0 amide bonds. The second-order valence-electron chi connectivity index (χ2n) is 6.83. The first kappa shape index (κ1) is 17.6. The molecule has 0 bridgehead atoms. The second-order valence-corrected chi connectivity index (χ2v) is 7.23. The minimum absolute atomic E-state index is 0.241. The fraction of sp³-hybridized carbons (Fsp3) is 0.400. The summed E-state index contributed by atoms with van der Waals surface area (Å²) in [7, 11) is 1.58. The van der Waals surface area contributed by atoms with E-state index in [9.17, 15) is 0 Å². The van der Waals surface area contributed by atoms with Gasteiger partial charge in [-0.15, -0.1) is 0 Å². The molecule has 0 saturated carbocycles. The third-order valence-electron chi connectivity index (χ3n) is 5.22. The number of hydrogen-bond acceptors (Lipinski definition) is 4. The van der Waals surface area contributed by atoms with E-state index < -0.39 is 5.82 Å². The van der Waals surface area contributed by atoms with Crippen molar-refractivity contribution < 1.29 is 13.9 Å². The molecule has 0 spiro atoms. The van der Waals surface area contributed by atoms with Crippen molar-refractivity contribution >= 4 is 11.6 Å². The van der Waals surface area contributed by atoms with Crippen molar-refractivity contribution in [2.75, 3.05) is 33.4 Å². The number of hydrogen-bond donors (Lipinski definition) is 1. The molecule has 1 fully saturated rings. The fourth-order valence-electron chi connectivity index (χ4n) is 3.86. The summed E-state index contributed by atoms with van der Waals surface area (Å²) in [6.45, 7) is 5.72. The molecule has 4 rings (SSSR count). The van der Waals surface area contributed by atoms with Crippen molar-refractivity contribution in [2.24, 2.45) is 0 Å². The zero-order valence-electron chi connectivity index (χ0n) is 14.9. The van der Waals surface area contributed by atoms with E-state index in [2.05, 4.69) is 10.2 Å². The first-order valence-electron chi connectivity index (χ1n) is 8.82. The normalized spacial score (nSPS) is 19.9. The van der Waals surface area contributed by atoms with Crippen molar-refractivity contribution in [3.8, 4) is 22.6 Å². The van der Waals surface area contributed by atoms with Gasteiger partial charge in [-0.05, 0) is 24.6 Å². The second kappa shape index (κ2) is 7.06. The van der Waals surface area contributed by atoms with E-state index in [1.54, 1.807) is 7.11 Å². The fourth-order valence-corrected chi connectivity index (χ4v) is 4.17. The summed E-state index contributed by atoms with van der Waals surface area (Å²) in [6, 6.07) is 7.70. The Kier molecular flexibility index (Phi) is 4.78. The van der Waals surface area contributed by atoms with Crippen molar-refractivity contribution in [1.29, 1.82) is 0 Å². The van der Waals surface area contributed by atoms with E-state index in [0.717, 1.165) is 30.8 Å². The van der Waals surface area contributed by atoms with Crippen molar-refractivity contribution in [1.82, 2.24) is 10.2 Å². The molecule has 26 heavy (non-hydrogen) atoms. The largest absolute Gasteiger partial charge is 0.496 e. The molecule has 2 aromatic carbocycles. The zero-order chi connectivity index (χ0) is 18.3. The maximum Gasteiger partial charge on any atom is 0.174 e. The van der Waals surface area contributed by atoms with E-state index >= 15 is 4.39 Å². The summed E-state index contributed by atoms with van der Waals surface area (Å²) in [4.78, 5) is 2.33. The zero-order valence-corrected chi connectivity index (χ0v) is 15.7. The van der Waals surface area contributed by atoms with Crippen LogP contribution in [0, 0.1) is 12.7 Å². The number of fused-ring (bicyclic) bond motifs is 2. The number of rotatable bonds is 2. The molecule has 0 aliphatic carbocycles. The van der Waals surface area contributed by atoms with Gasteiger partial charge < -0.3 is 14.8 Å². The molecule has 6 heteroatoms. The van der Waals surface area contributed by atoms with Gasteiger partial charge in [-0.1, -0.05) is 23.7 Å². The van der Waals surface area contributed by atoms with Crippen molar-refractivity contribution in [3.63, 3.8) is 0 Å². The minimum atomic E-state index is -0.409. The summed E-state index contributed by atoms with van der Waals surface area (Å²) < 4.78 is 26.9. The molecule has 2 aliphatic rings. The Morgan fingerprint density at radius 2 is 2.19 bits per heavy atom. The van der Waals surface area contributed by atoms with E-state index in [-0.39, 0.29) is 6.04 Å². The molecule has 2 heterocycles. The Balaban J connectivity index is 1.84. The number of methoxy groups -OCH3 is 1. The van der Waals surface area contributed by atoms with Gasteiger partial charge in [0.1, 0.15) is 12.4 Å². The maximum absolute atomic E-state index is 15.6. The van der Waals surface area contributed by atoms with Crippen LogP contribution in [-0.2, 0) is 6.54 Å². The van der Waals surface area contributed by atoms with Gasteiger partial charge in [0.15, 0.2) is 11.6 Å². The summed E-state index contributed by atoms with van der Waals surface area (Å²) >= 11 is 6.55. The van der Waals surface area contributed by atoms with Crippen molar-refractivity contribution in [3.05, 3.63) is 46.2 Å². The average Bonchev–Trinajstić information content (AvgIpc) is 2.82. The number of nitrogens with zero attached hydrogens (tertiary/aromatic N) is 1. The van der Waals surface area contributed by atoms with E-state index in [4.69, 9.17) is 21.1 Å². The first-order valence-corrected chi connectivity index (χ1v) is 9.20. The van der Waals surface area contributed by atoms with Crippen molar-refractivity contribution in [2.45, 2.75) is 19.5 Å². The minimum Gasteiger partial charge on any atom is -0.496 e. The summed E-state index contributed by atoms with van der Waals surface area (Å²) in [5, 5.41) is 3.75. The van der Waals surface area contributed by atoms with Crippen LogP contribution < -0.4 is 14.8 Å². The van der Waals surface area contributed by atoms with Crippen LogP contribution in [0.25, 0.3) is 11.1 Å². The lowest BCUT2D eigenvalue weighted by Gasteiger charge is -2.33. The van der Waals surface area contributed by atoms with Crippen LogP contribution in [0.3, 0.4) is 0 Å². The Labute approximate surface area is 157 Å². The van der Waals surface area contributed by atoms with Crippen LogP contribution in [0.15, 0.2) is 24.3 Å². The molecule has 2 aliphatic heterocycles. The topological polar surface area (TPSA) is 33.7 Å². The number of piperazine rings is 1. The summed E-state index contributed by atoms with van der Waals surface area (Å²) in [6.07, 6.45) is 0. The van der Waals surface area contributed by atoms with Crippen LogP contribution in [0.1, 0.15) is 11.1 Å². The van der Waals surface area contributed by atoms with Crippen LogP contribution >= 0.6 is 11.6 Å². The third-order valence-corrected chi connectivity index (χ3v) is 5.52. The quantitative estimate of drug-likeness (QED) is 0.867. The van der Waals surface area contributed by atoms with Crippen LogP contribution in [0.2, 0.25) is 5.02 Å². The SMILES string of the molecule is COc1cccc(C)c1-c1c(Cl)cc2c(c1F)OC[C@H]1CNCCN1C2. The first-order chi connectivity index (χ1) is 12.6. The highest BCUT2D eigenvalue weighted by atomic mass is 35.5. The maximum atomic E-state index is 15.6. The molecule has 0 unspecified atom stereocenters. The molecular weight excluding hydrogens is 355 g/mol. The van der Waals surface area contributed by atoms with Gasteiger partial charge in [0, 0.05) is 42.9 Å². The standard InChI is InChI=1S/C20H22ClFN2O2/c1-12-4-3-5-16(25-2)17(12)18-15(21)8-13-10-24-7-6-23-9-14(24)11-26-20(13)19(18)22/h3-5,8,14,23H,6-7,9-11H2,1-2H3/t14-/m1/s1. The van der Waals surface area contributed by atoms with Gasteiger partial charge in [-0.3, -0.25) is 4.90 Å². The lowest BCUT2D eigenvalue weighted by Crippen LogP contribution is -2.52. The molecular formula is C20H22ClFN2O2. The predicted octanol–water partition coefficient (Wildman–Crippen LogP) is 3.63. The molecule has 138 valence electrons. The lowest BCUT2D eigenvalue weighted by atomic mass is 9.96. The number of halogens is 2. The van der Waals surface area contributed by atoms with Gasteiger partial charge >= 0.3 is 0 Å². The number of aryl methyl sites for hydroxylation is 1. The molecule has 0 aromatic heterocycles. The van der Waals surface area contributed by atoms with Gasteiger partial charge in [-0.2, -0.15) is 0 Å². The van der Waals surface area contributed by atoms with Crippen LogP contribution in [0.5, 0.6) is 11.5 Å². The summed E-state index contributed by atoms with van der Waals surface area (Å²) in [5.41, 5.74) is 2.72. The molecule has 2 aromatic rings. The van der Waals surface area contributed by atoms with Gasteiger partial charge in [0.25, 0.3) is 0 Å². The lowest BCUT2D eigenvalue weighted by molar-refractivity contribution is 0.119. The number of benzene rings is 2. The monoisotopic (exact) mass is 376 g/mol. The Morgan fingerprint density at radius 1 is 1.35 bits per heavy atom. The number of ether oxygens (including phenoxy) is 2. The Bertz CT molecular complexity index is 843. The summed E-state index contributed by atoms with van der Waals surface area (Å²) in [5.74, 6) is 0.498. The van der Waals surface area contributed by atoms with Gasteiger partial charge in [0.2, 0.25) is 0 Å². The highest BCUT2D eigenvalue weighted by Crippen LogP contribution is 2.44. The smallest absolute Gasteiger partial charge is 0.174 e. The highest BCUT2D eigenvalue weighted by molar-refractivity contribution is 6.33. The molecule has 1 N–H and O–H groups in total. The number of nitrogens with one attached hydrogen (secondary N) is 1. The van der Waals surface area contributed by atoms with E-state index in [1.807, 2.05) is 31.2 Å². The van der Waals surface area contributed by atoms with Crippen LogP contribution in [-0.4, -0.2) is 44.3 Å². The molecule has 0 radical (unpaired) electrons. The highest BCUT2D eigenvalue weighted by Gasteiger charge is 2.31. The van der Waals surface area contributed by atoms with Gasteiger partial charge in [-0.25, -0.2) is 4.39 Å². The average molecular weight is 377 g/mol. The molecule has 4 nitrogen and oxygen atoms in total. The molecule has 1 atom stereocenters. The Hall–Kier alpha value is -1.82. The third kappa shape index (κ3) is 2.94. The van der Waals surface area contributed by atoms with Crippen LogP contribution in [0.4, 0.5) is 4.39 Å². The predicted molar refractivity (Wildman–Crippen MR) is 101 cm³/mol. The van der Waals surface area contributed by atoms with E-state index in [1.165, 1.54) is 0 Å².